The summed E-state index contributed by atoms with van der Waals surface area (Å²) in [6, 6.07) is 17.3. The first-order valence-electron chi connectivity index (χ1n) is 9.16. The quantitative estimate of drug-likeness (QED) is 0.535. The summed E-state index contributed by atoms with van der Waals surface area (Å²) in [6.07, 6.45) is 1.78. The highest BCUT2D eigenvalue weighted by atomic mass is 32.2. The Labute approximate surface area is 157 Å². The molecule has 2 unspecified atom stereocenters. The van der Waals surface area contributed by atoms with Crippen LogP contribution < -0.4 is 0 Å². The van der Waals surface area contributed by atoms with Gasteiger partial charge in [-0.3, -0.25) is 9.00 Å². The zero-order chi connectivity index (χ0) is 18.7. The van der Waals surface area contributed by atoms with Gasteiger partial charge in [-0.05, 0) is 19.4 Å². The van der Waals surface area contributed by atoms with Crippen LogP contribution in [0.4, 0.5) is 0 Å². The summed E-state index contributed by atoms with van der Waals surface area (Å²) < 4.78 is 14.9. The molecule has 3 aromatic rings. The second-order valence-corrected chi connectivity index (χ2v) is 8.34. The van der Waals surface area contributed by atoms with Crippen LogP contribution in [0.15, 0.2) is 54.6 Å². The molecule has 2 aromatic carbocycles. The topological polar surface area (TPSA) is 39.1 Å². The molecule has 4 heteroatoms. The number of hydrogen-bond acceptors (Lipinski definition) is 2. The third kappa shape index (κ3) is 3.26. The van der Waals surface area contributed by atoms with E-state index in [1.807, 2.05) is 68.4 Å². The van der Waals surface area contributed by atoms with E-state index in [-0.39, 0.29) is 11.2 Å². The third-order valence-electron chi connectivity index (χ3n) is 4.83. The Morgan fingerprint density at radius 2 is 1.69 bits per heavy atom. The van der Waals surface area contributed by atoms with Crippen molar-refractivity contribution in [2.24, 2.45) is 0 Å². The maximum atomic E-state index is 13.2. The van der Waals surface area contributed by atoms with Crippen LogP contribution in [-0.4, -0.2) is 20.3 Å². The largest absolute Gasteiger partial charge is 0.329 e. The molecular weight excluding hydrogens is 342 g/mol. The van der Waals surface area contributed by atoms with Gasteiger partial charge in [-0.25, -0.2) is 0 Å². The fourth-order valence-corrected chi connectivity index (χ4v) is 4.99. The minimum atomic E-state index is -0.975. The fourth-order valence-electron chi connectivity index (χ4n) is 3.60. The number of fused-ring (bicyclic) bond motifs is 1. The van der Waals surface area contributed by atoms with Crippen molar-refractivity contribution in [3.05, 3.63) is 71.4 Å². The molecule has 26 heavy (non-hydrogen) atoms. The second-order valence-electron chi connectivity index (χ2n) is 6.46. The third-order valence-corrected chi connectivity index (χ3v) is 6.45. The number of para-hydroxylation sites is 1. The van der Waals surface area contributed by atoms with Crippen LogP contribution in [0, 0.1) is 6.92 Å². The molecule has 1 aromatic heterocycles. The molecule has 2 atom stereocenters. The predicted molar refractivity (Wildman–Crippen MR) is 109 cm³/mol. The summed E-state index contributed by atoms with van der Waals surface area (Å²) in [7, 11) is -0.975. The van der Waals surface area contributed by atoms with Crippen molar-refractivity contribution in [3.8, 4) is 0 Å². The molecule has 0 radical (unpaired) electrons. The summed E-state index contributed by atoms with van der Waals surface area (Å²) in [4.78, 5) is 13.2. The maximum Gasteiger partial charge on any atom is 0.195 e. The standard InChI is InChI=1S/C22H25NO2S/c1-4-11-20(26(25)5-2)23-16(3)21(18-14-9-10-15-19(18)23)22(24)17-12-7-6-8-13-17/h6-10,12-15,20H,4-5,11H2,1-3H3. The molecule has 0 saturated carbocycles. The number of carbonyl (C=O) groups is 1. The van der Waals surface area contributed by atoms with E-state index >= 15 is 0 Å². The van der Waals surface area contributed by atoms with E-state index in [0.717, 1.165) is 35.0 Å². The van der Waals surface area contributed by atoms with E-state index in [1.165, 1.54) is 0 Å². The number of benzene rings is 2. The normalized spacial score (nSPS) is 13.7. The lowest BCUT2D eigenvalue weighted by Gasteiger charge is -2.20. The molecule has 0 bridgehead atoms. The molecule has 0 amide bonds. The van der Waals surface area contributed by atoms with Gasteiger partial charge in [0.2, 0.25) is 0 Å². The monoisotopic (exact) mass is 367 g/mol. The Hall–Kier alpha value is -2.20. The molecule has 136 valence electrons. The Bertz CT molecular complexity index is 943. The number of hydrogen-bond donors (Lipinski definition) is 0. The minimum absolute atomic E-state index is 0.0237. The summed E-state index contributed by atoms with van der Waals surface area (Å²) in [5.74, 6) is 0.633. The predicted octanol–water partition coefficient (Wildman–Crippen LogP) is 5.25. The second kappa shape index (κ2) is 8.00. The van der Waals surface area contributed by atoms with Gasteiger partial charge in [0.1, 0.15) is 5.37 Å². The van der Waals surface area contributed by atoms with Crippen molar-refractivity contribution in [2.45, 2.75) is 39.0 Å². The van der Waals surface area contributed by atoms with E-state index in [4.69, 9.17) is 0 Å². The molecule has 0 aliphatic heterocycles. The molecule has 3 rings (SSSR count). The summed E-state index contributed by atoms with van der Waals surface area (Å²) >= 11 is 0. The molecule has 3 nitrogen and oxygen atoms in total. The van der Waals surface area contributed by atoms with Crippen LogP contribution in [0.25, 0.3) is 10.9 Å². The molecule has 0 N–H and O–H groups in total. The van der Waals surface area contributed by atoms with Crippen molar-refractivity contribution < 1.29 is 9.00 Å². The van der Waals surface area contributed by atoms with E-state index in [2.05, 4.69) is 11.5 Å². The summed E-state index contributed by atoms with van der Waals surface area (Å²) in [5.41, 5.74) is 3.30. The van der Waals surface area contributed by atoms with Crippen molar-refractivity contribution in [1.29, 1.82) is 0 Å². The lowest BCUT2D eigenvalue weighted by molar-refractivity contribution is 0.103. The van der Waals surface area contributed by atoms with Gasteiger partial charge < -0.3 is 4.57 Å². The smallest absolute Gasteiger partial charge is 0.195 e. The lowest BCUT2D eigenvalue weighted by Crippen LogP contribution is -2.18. The van der Waals surface area contributed by atoms with Crippen LogP contribution in [0.5, 0.6) is 0 Å². The van der Waals surface area contributed by atoms with Crippen LogP contribution in [0.2, 0.25) is 0 Å². The molecular formula is C22H25NO2S. The number of rotatable bonds is 7. The average Bonchev–Trinajstić information content (AvgIpc) is 2.97. The highest BCUT2D eigenvalue weighted by molar-refractivity contribution is 7.85. The highest BCUT2D eigenvalue weighted by Gasteiger charge is 2.26. The Morgan fingerprint density at radius 3 is 2.35 bits per heavy atom. The van der Waals surface area contributed by atoms with Gasteiger partial charge in [-0.1, -0.05) is 68.8 Å². The van der Waals surface area contributed by atoms with Gasteiger partial charge in [0, 0.05) is 33.2 Å². The van der Waals surface area contributed by atoms with E-state index < -0.39 is 10.8 Å². The summed E-state index contributed by atoms with van der Waals surface area (Å²) in [6.45, 7) is 6.04. The van der Waals surface area contributed by atoms with E-state index in [0.29, 0.717) is 11.3 Å². The first-order chi connectivity index (χ1) is 12.6. The first-order valence-corrected chi connectivity index (χ1v) is 10.5. The summed E-state index contributed by atoms with van der Waals surface area (Å²) in [5, 5.41) is 0.834. The number of aromatic nitrogens is 1. The maximum absolute atomic E-state index is 13.2. The molecule has 0 spiro atoms. The van der Waals surface area contributed by atoms with Crippen LogP contribution in [-0.2, 0) is 10.8 Å². The van der Waals surface area contributed by atoms with Gasteiger partial charge in [0.05, 0.1) is 11.1 Å². The van der Waals surface area contributed by atoms with Gasteiger partial charge in [0.25, 0.3) is 0 Å². The Morgan fingerprint density at radius 1 is 1.04 bits per heavy atom. The van der Waals surface area contributed by atoms with Gasteiger partial charge in [-0.2, -0.15) is 0 Å². The number of ketones is 1. The van der Waals surface area contributed by atoms with Crippen molar-refractivity contribution in [2.75, 3.05) is 5.75 Å². The molecule has 0 fully saturated rings. The van der Waals surface area contributed by atoms with Gasteiger partial charge in [0.15, 0.2) is 5.78 Å². The van der Waals surface area contributed by atoms with E-state index in [1.54, 1.807) is 0 Å². The SMILES string of the molecule is CCCC(n1c(C)c(C(=O)c2ccccc2)c2ccccc21)S(=O)CC. The van der Waals surface area contributed by atoms with Crippen LogP contribution in [0.1, 0.15) is 53.7 Å². The van der Waals surface area contributed by atoms with Crippen molar-refractivity contribution >= 4 is 27.5 Å². The highest BCUT2D eigenvalue weighted by Crippen LogP contribution is 2.33. The lowest BCUT2D eigenvalue weighted by atomic mass is 10.0. The number of nitrogens with zero attached hydrogens (tertiary/aromatic N) is 1. The first kappa shape index (κ1) is 18.6. The Balaban J connectivity index is 2.25. The fraction of sp³-hybridized carbons (Fsp3) is 0.318. The van der Waals surface area contributed by atoms with Crippen molar-refractivity contribution in [1.82, 2.24) is 4.57 Å². The van der Waals surface area contributed by atoms with E-state index in [9.17, 15) is 9.00 Å². The molecule has 0 aliphatic rings. The molecule has 1 heterocycles. The van der Waals surface area contributed by atoms with Crippen molar-refractivity contribution in [3.63, 3.8) is 0 Å². The average molecular weight is 368 g/mol. The van der Waals surface area contributed by atoms with Gasteiger partial charge in [-0.15, -0.1) is 0 Å². The minimum Gasteiger partial charge on any atom is -0.329 e. The van der Waals surface area contributed by atoms with Crippen LogP contribution >= 0.6 is 0 Å². The Kier molecular flexibility index (Phi) is 5.72. The molecule has 0 saturated heterocycles. The van der Waals surface area contributed by atoms with Gasteiger partial charge >= 0.3 is 0 Å². The van der Waals surface area contributed by atoms with Crippen LogP contribution in [0.3, 0.4) is 0 Å². The zero-order valence-corrected chi connectivity index (χ0v) is 16.4. The zero-order valence-electron chi connectivity index (χ0n) is 15.6. The molecule has 0 aliphatic carbocycles. The number of carbonyl (C=O) groups excluding carboxylic acids is 1.